The second-order valence-electron chi connectivity index (χ2n) is 3.58. The van der Waals surface area contributed by atoms with Gasteiger partial charge >= 0.3 is 0 Å². The van der Waals surface area contributed by atoms with Crippen LogP contribution in [0.5, 0.6) is 5.88 Å². The molecule has 0 aliphatic carbocycles. The summed E-state index contributed by atoms with van der Waals surface area (Å²) < 4.78 is 5.32. The van der Waals surface area contributed by atoms with Gasteiger partial charge in [-0.25, -0.2) is 15.0 Å². The van der Waals surface area contributed by atoms with E-state index in [9.17, 15) is 0 Å². The highest BCUT2D eigenvalue weighted by Gasteiger charge is 2.08. The van der Waals surface area contributed by atoms with Gasteiger partial charge in [0.25, 0.3) is 0 Å². The maximum Gasteiger partial charge on any atom is 0.238 e. The normalized spacial score (nSPS) is 10.4. The van der Waals surface area contributed by atoms with Crippen molar-refractivity contribution in [1.82, 2.24) is 15.0 Å². The molecule has 2 aromatic heterocycles. The summed E-state index contributed by atoms with van der Waals surface area (Å²) in [4.78, 5) is 12.4. The zero-order valence-corrected chi connectivity index (χ0v) is 11.1. The van der Waals surface area contributed by atoms with Crippen molar-refractivity contribution in [2.75, 3.05) is 23.8 Å². The van der Waals surface area contributed by atoms with Crippen LogP contribution in [0.4, 0.5) is 17.3 Å². The summed E-state index contributed by atoms with van der Waals surface area (Å²) in [5.74, 6) is 1.02. The lowest BCUT2D eigenvalue weighted by atomic mass is 10.4. The van der Waals surface area contributed by atoms with Crippen LogP contribution in [-0.2, 0) is 0 Å². The first-order valence-corrected chi connectivity index (χ1v) is 6.37. The number of nitrogens with zero attached hydrogens (tertiary/aromatic N) is 3. The molecule has 0 saturated carbocycles. The maximum atomic E-state index is 5.75. The fourth-order valence-electron chi connectivity index (χ4n) is 1.34. The third kappa shape index (κ3) is 3.38. The van der Waals surface area contributed by atoms with E-state index in [0.717, 1.165) is 0 Å². The van der Waals surface area contributed by atoms with Crippen LogP contribution in [0.25, 0.3) is 0 Å². The van der Waals surface area contributed by atoms with Crippen LogP contribution in [0.3, 0.4) is 0 Å². The molecule has 0 spiro atoms. The lowest BCUT2D eigenvalue weighted by Crippen LogP contribution is -2.01. The number of ether oxygens (including phenoxy) is 1. The van der Waals surface area contributed by atoms with Crippen LogP contribution in [0.2, 0.25) is 0 Å². The number of nitrogen functional groups attached to an aromatic ring is 3. The number of nitrogens with two attached hydrogens (primary N) is 3. The molecule has 0 atom stereocenters. The predicted octanol–water partition coefficient (Wildman–Crippen LogP) is 1.17. The molecule has 2 aromatic rings. The molecule has 0 amide bonds. The van der Waals surface area contributed by atoms with E-state index in [1.807, 2.05) is 6.92 Å². The summed E-state index contributed by atoms with van der Waals surface area (Å²) in [6.07, 6.45) is 0. The average Bonchev–Trinajstić information content (AvgIpc) is 2.32. The minimum absolute atomic E-state index is 0.315. The summed E-state index contributed by atoms with van der Waals surface area (Å²) in [5, 5.41) is 1.08. The molecule has 0 fully saturated rings. The average molecular weight is 278 g/mol. The Morgan fingerprint density at radius 3 is 2.42 bits per heavy atom. The lowest BCUT2D eigenvalue weighted by Gasteiger charge is -2.07. The molecule has 19 heavy (non-hydrogen) atoms. The first kappa shape index (κ1) is 13.2. The number of rotatable bonds is 4. The summed E-state index contributed by atoms with van der Waals surface area (Å²) in [5.41, 5.74) is 17.4. The number of anilines is 3. The summed E-state index contributed by atoms with van der Waals surface area (Å²) in [6.45, 7) is 2.36. The molecule has 0 unspecified atom stereocenters. The summed E-state index contributed by atoms with van der Waals surface area (Å²) in [7, 11) is 0. The Labute approximate surface area is 114 Å². The van der Waals surface area contributed by atoms with Crippen molar-refractivity contribution in [3.8, 4) is 5.88 Å². The highest BCUT2D eigenvalue weighted by molar-refractivity contribution is 7.99. The van der Waals surface area contributed by atoms with Crippen LogP contribution >= 0.6 is 11.8 Å². The van der Waals surface area contributed by atoms with E-state index < -0.39 is 0 Å². The molecule has 8 heteroatoms. The SMILES string of the molecule is CCOc1nc(Sc2nc(N)cc(N)n2)ccc1N. The van der Waals surface area contributed by atoms with E-state index in [2.05, 4.69) is 15.0 Å². The number of hydrogen-bond acceptors (Lipinski definition) is 8. The molecule has 6 N–H and O–H groups in total. The number of hydrogen-bond donors (Lipinski definition) is 3. The van der Waals surface area contributed by atoms with Crippen molar-refractivity contribution >= 4 is 29.1 Å². The molecule has 0 saturated heterocycles. The molecular weight excluding hydrogens is 264 g/mol. The highest BCUT2D eigenvalue weighted by Crippen LogP contribution is 2.28. The summed E-state index contributed by atoms with van der Waals surface area (Å²) in [6, 6.07) is 4.97. The number of pyridine rings is 1. The minimum atomic E-state index is 0.315. The van der Waals surface area contributed by atoms with Crippen molar-refractivity contribution in [3.63, 3.8) is 0 Å². The Bertz CT molecular complexity index is 571. The fourth-order valence-corrected chi connectivity index (χ4v) is 2.10. The highest BCUT2D eigenvalue weighted by atomic mass is 32.2. The van der Waals surface area contributed by atoms with E-state index in [1.165, 1.54) is 17.8 Å². The Morgan fingerprint density at radius 1 is 1.11 bits per heavy atom. The van der Waals surface area contributed by atoms with Crippen molar-refractivity contribution < 1.29 is 4.74 Å². The predicted molar refractivity (Wildman–Crippen MR) is 74.8 cm³/mol. The van der Waals surface area contributed by atoms with Gasteiger partial charge in [-0.05, 0) is 30.8 Å². The third-order valence-corrected chi connectivity index (χ3v) is 2.89. The molecule has 100 valence electrons. The molecule has 7 nitrogen and oxygen atoms in total. The Hall–Kier alpha value is -2.22. The molecule has 2 heterocycles. The molecular formula is C11H14N6OS. The van der Waals surface area contributed by atoms with Gasteiger partial charge in [0.15, 0.2) is 5.16 Å². The van der Waals surface area contributed by atoms with E-state index >= 15 is 0 Å². The molecule has 0 aromatic carbocycles. The topological polar surface area (TPSA) is 126 Å². The van der Waals surface area contributed by atoms with Crippen LogP contribution in [-0.4, -0.2) is 21.6 Å². The quantitative estimate of drug-likeness (QED) is 0.711. The molecule has 0 aliphatic rings. The molecule has 0 bridgehead atoms. The largest absolute Gasteiger partial charge is 0.476 e. The van der Waals surface area contributed by atoms with Gasteiger partial charge in [-0.3, -0.25) is 0 Å². The van der Waals surface area contributed by atoms with Crippen molar-refractivity contribution in [2.45, 2.75) is 17.1 Å². The van der Waals surface area contributed by atoms with Crippen molar-refractivity contribution in [1.29, 1.82) is 0 Å². The fraction of sp³-hybridized carbons (Fsp3) is 0.182. The Balaban J connectivity index is 2.25. The first-order valence-electron chi connectivity index (χ1n) is 5.55. The van der Waals surface area contributed by atoms with Crippen LogP contribution in [0, 0.1) is 0 Å². The standard InChI is InChI=1S/C11H14N6OS/c1-2-18-10-6(12)3-4-9(17-10)19-11-15-7(13)5-8(14)16-11/h3-5H,2,12H2,1H3,(H4,13,14,15,16). The van der Waals surface area contributed by atoms with E-state index in [-0.39, 0.29) is 0 Å². The van der Waals surface area contributed by atoms with Gasteiger partial charge in [-0.15, -0.1) is 0 Å². The monoisotopic (exact) mass is 278 g/mol. The minimum Gasteiger partial charge on any atom is -0.476 e. The van der Waals surface area contributed by atoms with Crippen LogP contribution in [0.15, 0.2) is 28.4 Å². The van der Waals surface area contributed by atoms with Crippen LogP contribution < -0.4 is 21.9 Å². The zero-order chi connectivity index (χ0) is 13.8. The van der Waals surface area contributed by atoms with E-state index in [4.69, 9.17) is 21.9 Å². The summed E-state index contributed by atoms with van der Waals surface area (Å²) >= 11 is 1.24. The molecule has 0 radical (unpaired) electrons. The van der Waals surface area contributed by atoms with Crippen LogP contribution in [0.1, 0.15) is 6.92 Å². The maximum absolute atomic E-state index is 5.75. The van der Waals surface area contributed by atoms with Gasteiger partial charge in [0.05, 0.1) is 12.3 Å². The first-order chi connectivity index (χ1) is 9.08. The Morgan fingerprint density at radius 2 is 1.79 bits per heavy atom. The van der Waals surface area contributed by atoms with Gasteiger partial charge in [0, 0.05) is 6.07 Å². The Kier molecular flexibility index (Phi) is 3.91. The van der Waals surface area contributed by atoms with Gasteiger partial charge < -0.3 is 21.9 Å². The zero-order valence-electron chi connectivity index (χ0n) is 10.3. The van der Waals surface area contributed by atoms with E-state index in [1.54, 1.807) is 12.1 Å². The lowest BCUT2D eigenvalue weighted by molar-refractivity contribution is 0.326. The van der Waals surface area contributed by atoms with Gasteiger partial charge in [-0.2, -0.15) is 0 Å². The third-order valence-electron chi connectivity index (χ3n) is 2.09. The van der Waals surface area contributed by atoms with Crippen molar-refractivity contribution in [2.24, 2.45) is 0 Å². The smallest absolute Gasteiger partial charge is 0.238 e. The molecule has 2 rings (SSSR count). The van der Waals surface area contributed by atoms with Gasteiger partial charge in [0.2, 0.25) is 5.88 Å². The molecule has 0 aliphatic heterocycles. The van der Waals surface area contributed by atoms with Crippen molar-refractivity contribution in [3.05, 3.63) is 18.2 Å². The second-order valence-corrected chi connectivity index (χ2v) is 4.57. The second kappa shape index (κ2) is 5.61. The number of aromatic nitrogens is 3. The van der Waals surface area contributed by atoms with Gasteiger partial charge in [0.1, 0.15) is 16.7 Å². The van der Waals surface area contributed by atoms with E-state index in [0.29, 0.717) is 40.0 Å². The van der Waals surface area contributed by atoms with Gasteiger partial charge in [-0.1, -0.05) is 0 Å².